The van der Waals surface area contributed by atoms with E-state index in [1.165, 1.54) is 0 Å². The Bertz CT molecular complexity index is 631. The number of amides is 1. The molecule has 21 heavy (non-hydrogen) atoms. The number of carbonyl (C=O) groups excluding carboxylic acids is 1. The molecule has 2 rings (SSSR count). The normalized spacial score (nSPS) is 10.9. The number of nitrogens with one attached hydrogen (secondary N) is 1. The van der Waals surface area contributed by atoms with Gasteiger partial charge >= 0.3 is 0 Å². The maximum absolute atomic E-state index is 11.9. The summed E-state index contributed by atoms with van der Waals surface area (Å²) in [5.74, 6) is 0.00437. The Morgan fingerprint density at radius 1 is 1.38 bits per heavy atom. The highest BCUT2D eigenvalue weighted by Crippen LogP contribution is 2.19. The van der Waals surface area contributed by atoms with Gasteiger partial charge in [-0.25, -0.2) is 0 Å². The summed E-state index contributed by atoms with van der Waals surface area (Å²) in [6.45, 7) is 7.83. The summed E-state index contributed by atoms with van der Waals surface area (Å²) in [5, 5.41) is 11.6. The predicted molar refractivity (Wildman–Crippen MR) is 83.8 cm³/mol. The third-order valence-corrected chi connectivity index (χ3v) is 4.48. The Hall–Kier alpha value is -1.63. The van der Waals surface area contributed by atoms with E-state index in [0.717, 1.165) is 28.1 Å². The monoisotopic (exact) mass is 353 g/mol. The molecule has 0 aliphatic carbocycles. The molecular formula is C14H20BrN5O. The van der Waals surface area contributed by atoms with Crippen LogP contribution in [0.2, 0.25) is 0 Å². The number of carbonyl (C=O) groups is 1. The average molecular weight is 354 g/mol. The fraction of sp³-hybridized carbons (Fsp3) is 0.500. The van der Waals surface area contributed by atoms with E-state index in [1.807, 2.05) is 42.4 Å². The number of halogens is 1. The van der Waals surface area contributed by atoms with Gasteiger partial charge < -0.3 is 5.32 Å². The van der Waals surface area contributed by atoms with Crippen molar-refractivity contribution in [3.8, 4) is 0 Å². The van der Waals surface area contributed by atoms with E-state index in [4.69, 9.17) is 0 Å². The summed E-state index contributed by atoms with van der Waals surface area (Å²) < 4.78 is 4.70. The van der Waals surface area contributed by atoms with Gasteiger partial charge in [-0.2, -0.15) is 10.2 Å². The third kappa shape index (κ3) is 3.93. The molecule has 7 heteroatoms. The summed E-state index contributed by atoms with van der Waals surface area (Å²) in [6, 6.07) is 1.92. The Labute approximate surface area is 132 Å². The van der Waals surface area contributed by atoms with E-state index in [2.05, 4.69) is 31.4 Å². The molecule has 0 aromatic carbocycles. The van der Waals surface area contributed by atoms with Crippen molar-refractivity contribution in [2.24, 2.45) is 0 Å². The van der Waals surface area contributed by atoms with E-state index < -0.39 is 0 Å². The molecular weight excluding hydrogens is 334 g/mol. The van der Waals surface area contributed by atoms with Gasteiger partial charge in [0, 0.05) is 24.9 Å². The second-order valence-corrected chi connectivity index (χ2v) is 5.69. The van der Waals surface area contributed by atoms with Crippen molar-refractivity contribution < 1.29 is 4.79 Å². The van der Waals surface area contributed by atoms with Crippen molar-refractivity contribution in [2.45, 2.75) is 46.8 Å². The highest BCUT2D eigenvalue weighted by Gasteiger charge is 2.10. The summed E-state index contributed by atoms with van der Waals surface area (Å²) in [4.78, 5) is 11.9. The van der Waals surface area contributed by atoms with E-state index in [0.29, 0.717) is 19.5 Å². The van der Waals surface area contributed by atoms with Gasteiger partial charge in [-0.1, -0.05) is 0 Å². The zero-order valence-electron chi connectivity index (χ0n) is 12.6. The molecule has 0 bridgehead atoms. The molecule has 0 fully saturated rings. The quantitative estimate of drug-likeness (QED) is 0.865. The van der Waals surface area contributed by atoms with Crippen LogP contribution in [-0.4, -0.2) is 25.5 Å². The Kier molecular flexibility index (Phi) is 5.17. The fourth-order valence-corrected chi connectivity index (χ4v) is 2.34. The zero-order chi connectivity index (χ0) is 15.4. The van der Waals surface area contributed by atoms with Crippen molar-refractivity contribution in [1.82, 2.24) is 24.9 Å². The standard InChI is InChI=1S/C14H20BrN5O/c1-4-19-7-5-12(18-19)9-16-13(21)6-8-20-11(3)14(15)10(2)17-20/h5,7H,4,6,8-9H2,1-3H3,(H,16,21). The summed E-state index contributed by atoms with van der Waals surface area (Å²) in [5.41, 5.74) is 2.86. The van der Waals surface area contributed by atoms with Crippen molar-refractivity contribution in [2.75, 3.05) is 0 Å². The van der Waals surface area contributed by atoms with Gasteiger partial charge in [0.05, 0.1) is 29.0 Å². The van der Waals surface area contributed by atoms with Gasteiger partial charge in [-0.05, 0) is 42.8 Å². The van der Waals surface area contributed by atoms with Gasteiger partial charge in [0.25, 0.3) is 0 Å². The average Bonchev–Trinajstić information content (AvgIpc) is 3.03. The first-order valence-electron chi connectivity index (χ1n) is 6.99. The van der Waals surface area contributed by atoms with Crippen LogP contribution >= 0.6 is 15.9 Å². The smallest absolute Gasteiger partial charge is 0.222 e. The van der Waals surface area contributed by atoms with Crippen molar-refractivity contribution in [3.63, 3.8) is 0 Å². The lowest BCUT2D eigenvalue weighted by atomic mass is 10.3. The fourth-order valence-electron chi connectivity index (χ4n) is 2.05. The van der Waals surface area contributed by atoms with Crippen LogP contribution in [0.4, 0.5) is 0 Å². The van der Waals surface area contributed by atoms with Gasteiger partial charge in [0.1, 0.15) is 0 Å². The highest BCUT2D eigenvalue weighted by molar-refractivity contribution is 9.10. The second kappa shape index (κ2) is 6.89. The second-order valence-electron chi connectivity index (χ2n) is 4.90. The maximum Gasteiger partial charge on any atom is 0.222 e. The number of nitrogens with zero attached hydrogens (tertiary/aromatic N) is 4. The molecule has 0 aliphatic heterocycles. The van der Waals surface area contributed by atoms with Gasteiger partial charge in [0.2, 0.25) is 5.91 Å². The van der Waals surface area contributed by atoms with Crippen LogP contribution in [0.5, 0.6) is 0 Å². The topological polar surface area (TPSA) is 64.7 Å². The van der Waals surface area contributed by atoms with E-state index >= 15 is 0 Å². The Morgan fingerprint density at radius 3 is 2.71 bits per heavy atom. The lowest BCUT2D eigenvalue weighted by molar-refractivity contribution is -0.121. The zero-order valence-corrected chi connectivity index (χ0v) is 14.1. The summed E-state index contributed by atoms with van der Waals surface area (Å²) in [7, 11) is 0. The van der Waals surface area contributed by atoms with Gasteiger partial charge in [-0.15, -0.1) is 0 Å². The van der Waals surface area contributed by atoms with Crippen LogP contribution in [0.1, 0.15) is 30.4 Å². The molecule has 2 aromatic rings. The van der Waals surface area contributed by atoms with Gasteiger partial charge in [0.15, 0.2) is 0 Å². The predicted octanol–water partition coefficient (Wildman–Crippen LogP) is 2.19. The maximum atomic E-state index is 11.9. The molecule has 0 aliphatic rings. The molecule has 1 N–H and O–H groups in total. The number of rotatable bonds is 6. The molecule has 6 nitrogen and oxygen atoms in total. The Morgan fingerprint density at radius 2 is 2.14 bits per heavy atom. The minimum atomic E-state index is 0.00437. The first kappa shape index (κ1) is 15.8. The van der Waals surface area contributed by atoms with Crippen LogP contribution in [0.3, 0.4) is 0 Å². The van der Waals surface area contributed by atoms with E-state index in [1.54, 1.807) is 0 Å². The van der Waals surface area contributed by atoms with Crippen LogP contribution in [0, 0.1) is 13.8 Å². The Balaban J connectivity index is 1.80. The molecule has 0 radical (unpaired) electrons. The van der Waals surface area contributed by atoms with Crippen LogP contribution in [-0.2, 0) is 24.4 Å². The number of hydrogen-bond donors (Lipinski definition) is 1. The highest BCUT2D eigenvalue weighted by atomic mass is 79.9. The van der Waals surface area contributed by atoms with Crippen LogP contribution in [0.15, 0.2) is 16.7 Å². The lowest BCUT2D eigenvalue weighted by Crippen LogP contribution is -2.24. The van der Waals surface area contributed by atoms with Crippen molar-refractivity contribution in [3.05, 3.63) is 33.8 Å². The minimum Gasteiger partial charge on any atom is -0.350 e. The molecule has 0 saturated heterocycles. The van der Waals surface area contributed by atoms with E-state index in [-0.39, 0.29) is 5.91 Å². The number of hydrogen-bond acceptors (Lipinski definition) is 3. The lowest BCUT2D eigenvalue weighted by Gasteiger charge is -2.05. The van der Waals surface area contributed by atoms with Crippen molar-refractivity contribution in [1.29, 1.82) is 0 Å². The van der Waals surface area contributed by atoms with Gasteiger partial charge in [-0.3, -0.25) is 14.2 Å². The number of aromatic nitrogens is 4. The number of aryl methyl sites for hydroxylation is 3. The van der Waals surface area contributed by atoms with Crippen molar-refractivity contribution >= 4 is 21.8 Å². The first-order chi connectivity index (χ1) is 10.0. The first-order valence-corrected chi connectivity index (χ1v) is 7.79. The molecule has 0 atom stereocenters. The van der Waals surface area contributed by atoms with E-state index in [9.17, 15) is 4.79 Å². The summed E-state index contributed by atoms with van der Waals surface area (Å²) >= 11 is 3.48. The molecule has 2 heterocycles. The SMILES string of the molecule is CCn1ccc(CNC(=O)CCn2nc(C)c(Br)c2C)n1. The third-order valence-electron chi connectivity index (χ3n) is 3.33. The largest absolute Gasteiger partial charge is 0.350 e. The van der Waals surface area contributed by atoms with Crippen LogP contribution in [0.25, 0.3) is 0 Å². The molecule has 0 unspecified atom stereocenters. The molecule has 0 spiro atoms. The molecule has 114 valence electrons. The van der Waals surface area contributed by atoms with Crippen LogP contribution < -0.4 is 5.32 Å². The molecule has 1 amide bonds. The summed E-state index contributed by atoms with van der Waals surface area (Å²) in [6.07, 6.45) is 2.32. The molecule has 0 saturated carbocycles. The minimum absolute atomic E-state index is 0.00437. The molecule has 2 aromatic heterocycles.